The highest BCUT2D eigenvalue weighted by Crippen LogP contribution is 2.19. The van der Waals surface area contributed by atoms with E-state index >= 15 is 0 Å². The van der Waals surface area contributed by atoms with Crippen LogP contribution in [-0.4, -0.2) is 43.4 Å². The Hall–Kier alpha value is -2.71. The summed E-state index contributed by atoms with van der Waals surface area (Å²) in [6.07, 6.45) is 0. The van der Waals surface area contributed by atoms with Gasteiger partial charge in [0, 0.05) is 6.54 Å². The SMILES string of the molecule is COC(=O)CN(Cc1ccccc1)S(=O)(=O)c1ccc(C(=O)O)cc1. The highest BCUT2D eigenvalue weighted by Gasteiger charge is 2.27. The van der Waals surface area contributed by atoms with Gasteiger partial charge in [-0.1, -0.05) is 30.3 Å². The summed E-state index contributed by atoms with van der Waals surface area (Å²) >= 11 is 0. The molecule has 2 rings (SSSR count). The zero-order valence-corrected chi connectivity index (χ0v) is 14.3. The molecule has 0 atom stereocenters. The number of carbonyl (C=O) groups is 2. The predicted molar refractivity (Wildman–Crippen MR) is 89.5 cm³/mol. The molecule has 0 radical (unpaired) electrons. The standard InChI is InChI=1S/C17H17NO6S/c1-24-16(19)12-18(11-13-5-3-2-4-6-13)25(22,23)15-9-7-14(8-10-15)17(20)21/h2-10H,11-12H2,1H3,(H,20,21). The van der Waals surface area contributed by atoms with Crippen molar-refractivity contribution in [2.75, 3.05) is 13.7 Å². The molecule has 0 aliphatic carbocycles. The van der Waals surface area contributed by atoms with Crippen molar-refractivity contribution in [1.29, 1.82) is 0 Å². The average Bonchev–Trinajstić information content (AvgIpc) is 2.62. The van der Waals surface area contributed by atoms with Crippen molar-refractivity contribution in [3.05, 3.63) is 65.7 Å². The van der Waals surface area contributed by atoms with Gasteiger partial charge in [0.15, 0.2) is 0 Å². The van der Waals surface area contributed by atoms with Gasteiger partial charge in [-0.3, -0.25) is 4.79 Å². The fourth-order valence-electron chi connectivity index (χ4n) is 2.14. The van der Waals surface area contributed by atoms with E-state index in [0.29, 0.717) is 5.56 Å². The van der Waals surface area contributed by atoms with Crippen LogP contribution >= 0.6 is 0 Å². The van der Waals surface area contributed by atoms with Crippen LogP contribution < -0.4 is 0 Å². The third kappa shape index (κ3) is 4.65. The molecule has 0 amide bonds. The summed E-state index contributed by atoms with van der Waals surface area (Å²) in [5, 5.41) is 8.91. The minimum Gasteiger partial charge on any atom is -0.478 e. The molecule has 0 aromatic heterocycles. The summed E-state index contributed by atoms with van der Waals surface area (Å²) in [4.78, 5) is 22.4. The number of ether oxygens (including phenoxy) is 1. The van der Waals surface area contributed by atoms with Crippen LogP contribution in [0, 0.1) is 0 Å². The summed E-state index contributed by atoms with van der Waals surface area (Å²) in [6.45, 7) is -0.465. The number of esters is 1. The lowest BCUT2D eigenvalue weighted by atomic mass is 10.2. The first-order valence-electron chi connectivity index (χ1n) is 7.29. The van der Waals surface area contributed by atoms with Crippen molar-refractivity contribution < 1.29 is 27.9 Å². The number of benzene rings is 2. The van der Waals surface area contributed by atoms with E-state index < -0.39 is 28.5 Å². The van der Waals surface area contributed by atoms with Crippen LogP contribution in [0.2, 0.25) is 0 Å². The molecule has 8 heteroatoms. The first-order valence-corrected chi connectivity index (χ1v) is 8.73. The lowest BCUT2D eigenvalue weighted by molar-refractivity contribution is -0.140. The van der Waals surface area contributed by atoms with Crippen LogP contribution in [0.4, 0.5) is 0 Å². The molecule has 0 unspecified atom stereocenters. The quantitative estimate of drug-likeness (QED) is 0.752. The van der Waals surface area contributed by atoms with Gasteiger partial charge in [0.25, 0.3) is 0 Å². The Morgan fingerprint density at radius 3 is 2.16 bits per heavy atom. The van der Waals surface area contributed by atoms with Gasteiger partial charge < -0.3 is 9.84 Å². The number of hydrogen-bond donors (Lipinski definition) is 1. The normalized spacial score (nSPS) is 11.3. The van der Waals surface area contributed by atoms with Gasteiger partial charge in [-0.2, -0.15) is 4.31 Å². The van der Waals surface area contributed by atoms with Gasteiger partial charge in [0.2, 0.25) is 10.0 Å². The summed E-state index contributed by atoms with van der Waals surface area (Å²) in [5.74, 6) is -1.85. The number of aromatic carboxylic acids is 1. The van der Waals surface area contributed by atoms with E-state index in [0.717, 1.165) is 4.31 Å². The second-order valence-corrected chi connectivity index (χ2v) is 7.10. The van der Waals surface area contributed by atoms with Crippen LogP contribution in [0.5, 0.6) is 0 Å². The molecule has 0 saturated heterocycles. The largest absolute Gasteiger partial charge is 0.478 e. The maximum atomic E-state index is 12.8. The van der Waals surface area contributed by atoms with E-state index in [9.17, 15) is 18.0 Å². The van der Waals surface area contributed by atoms with Crippen molar-refractivity contribution in [1.82, 2.24) is 4.31 Å². The van der Waals surface area contributed by atoms with E-state index in [-0.39, 0.29) is 17.0 Å². The maximum absolute atomic E-state index is 12.8. The molecule has 0 bridgehead atoms. The van der Waals surface area contributed by atoms with E-state index in [2.05, 4.69) is 4.74 Å². The minimum atomic E-state index is -4.01. The zero-order chi connectivity index (χ0) is 18.4. The number of hydrogen-bond acceptors (Lipinski definition) is 5. The molecule has 7 nitrogen and oxygen atoms in total. The van der Waals surface area contributed by atoms with Crippen molar-refractivity contribution in [3.8, 4) is 0 Å². The lowest BCUT2D eigenvalue weighted by Gasteiger charge is -2.21. The Morgan fingerprint density at radius 1 is 1.04 bits per heavy atom. The number of carboxylic acid groups (broad SMARTS) is 1. The number of nitrogens with zero attached hydrogens (tertiary/aromatic N) is 1. The summed E-state index contributed by atoms with van der Waals surface area (Å²) in [5.41, 5.74) is 0.679. The second kappa shape index (κ2) is 7.91. The van der Waals surface area contributed by atoms with E-state index in [1.807, 2.05) is 0 Å². The first kappa shape index (κ1) is 18.6. The number of rotatable bonds is 7. The lowest BCUT2D eigenvalue weighted by Crippen LogP contribution is -2.35. The van der Waals surface area contributed by atoms with Crippen LogP contribution in [0.1, 0.15) is 15.9 Å². The Balaban J connectivity index is 2.36. The number of carbonyl (C=O) groups excluding carboxylic acids is 1. The number of carboxylic acids is 1. The molecule has 0 heterocycles. The van der Waals surface area contributed by atoms with E-state index in [1.54, 1.807) is 30.3 Å². The molecule has 0 fully saturated rings. The first-order chi connectivity index (χ1) is 11.8. The fourth-order valence-corrected chi connectivity index (χ4v) is 3.51. The monoisotopic (exact) mass is 363 g/mol. The molecule has 25 heavy (non-hydrogen) atoms. The molecular weight excluding hydrogens is 346 g/mol. The van der Waals surface area contributed by atoms with Crippen LogP contribution in [0.15, 0.2) is 59.5 Å². The molecule has 132 valence electrons. The average molecular weight is 363 g/mol. The fraction of sp³-hybridized carbons (Fsp3) is 0.176. The molecular formula is C17H17NO6S. The molecule has 2 aromatic carbocycles. The smallest absolute Gasteiger partial charge is 0.335 e. The van der Waals surface area contributed by atoms with Crippen molar-refractivity contribution >= 4 is 22.0 Å². The Morgan fingerprint density at radius 2 is 1.64 bits per heavy atom. The molecule has 0 aliphatic heterocycles. The number of sulfonamides is 1. The predicted octanol–water partition coefficient (Wildman–Crippen LogP) is 1.75. The van der Waals surface area contributed by atoms with Gasteiger partial charge in [-0.05, 0) is 29.8 Å². The van der Waals surface area contributed by atoms with Gasteiger partial charge in [-0.25, -0.2) is 13.2 Å². The van der Waals surface area contributed by atoms with E-state index in [4.69, 9.17) is 5.11 Å². The van der Waals surface area contributed by atoms with Crippen molar-refractivity contribution in [2.45, 2.75) is 11.4 Å². The zero-order valence-electron chi connectivity index (χ0n) is 13.5. The van der Waals surface area contributed by atoms with Crippen molar-refractivity contribution in [2.24, 2.45) is 0 Å². The van der Waals surface area contributed by atoms with Crippen LogP contribution in [0.25, 0.3) is 0 Å². The van der Waals surface area contributed by atoms with Gasteiger partial charge >= 0.3 is 11.9 Å². The molecule has 0 aliphatic rings. The third-order valence-electron chi connectivity index (χ3n) is 3.47. The summed E-state index contributed by atoms with van der Waals surface area (Å²) < 4.78 is 31.2. The molecule has 0 saturated carbocycles. The maximum Gasteiger partial charge on any atom is 0.335 e. The summed E-state index contributed by atoms with van der Waals surface area (Å²) in [6, 6.07) is 13.6. The van der Waals surface area contributed by atoms with Gasteiger partial charge in [-0.15, -0.1) is 0 Å². The minimum absolute atomic E-state index is 0.0149. The highest BCUT2D eigenvalue weighted by atomic mass is 32.2. The van der Waals surface area contributed by atoms with Gasteiger partial charge in [0.05, 0.1) is 17.6 Å². The molecule has 2 aromatic rings. The highest BCUT2D eigenvalue weighted by molar-refractivity contribution is 7.89. The molecule has 1 N–H and O–H groups in total. The Labute approximate surface area is 145 Å². The second-order valence-electron chi connectivity index (χ2n) is 5.16. The topological polar surface area (TPSA) is 101 Å². The number of methoxy groups -OCH3 is 1. The van der Waals surface area contributed by atoms with Crippen LogP contribution in [0.3, 0.4) is 0 Å². The third-order valence-corrected chi connectivity index (χ3v) is 5.28. The molecule has 0 spiro atoms. The van der Waals surface area contributed by atoms with Crippen LogP contribution in [-0.2, 0) is 26.1 Å². The Kier molecular flexibility index (Phi) is 5.89. The van der Waals surface area contributed by atoms with E-state index in [1.165, 1.54) is 31.4 Å². The van der Waals surface area contributed by atoms with Gasteiger partial charge in [0.1, 0.15) is 6.54 Å². The summed E-state index contributed by atoms with van der Waals surface area (Å²) in [7, 11) is -2.83. The van der Waals surface area contributed by atoms with Crippen molar-refractivity contribution in [3.63, 3.8) is 0 Å². The Bertz CT molecular complexity index is 846.